The third-order valence-electron chi connectivity index (χ3n) is 3.38. The topological polar surface area (TPSA) is 91.4 Å². The zero-order valence-electron chi connectivity index (χ0n) is 20.6. The first kappa shape index (κ1) is 28.4. The molecule has 0 aliphatic heterocycles. The predicted octanol–water partition coefficient (Wildman–Crippen LogP) is 6.55. The molecule has 0 radical (unpaired) electrons. The maximum absolute atomic E-state index is 13.5. The van der Waals surface area contributed by atoms with E-state index in [-0.39, 0.29) is 17.9 Å². The molecule has 182 valence electrons. The number of benzene rings is 1. The second-order valence-electron chi connectivity index (χ2n) is 10.4. The number of phosphoric acid groups is 1. The van der Waals surface area contributed by atoms with Crippen LogP contribution in [0.1, 0.15) is 78.2 Å². The summed E-state index contributed by atoms with van der Waals surface area (Å²) < 4.78 is 36.1. The summed E-state index contributed by atoms with van der Waals surface area (Å²) in [7, 11) is -2.62. The van der Waals surface area contributed by atoms with Crippen LogP contribution in [0.3, 0.4) is 0 Å². The van der Waals surface area contributed by atoms with Crippen LogP contribution in [-0.4, -0.2) is 40.1 Å². The Morgan fingerprint density at radius 1 is 0.938 bits per heavy atom. The molecule has 32 heavy (non-hydrogen) atoms. The van der Waals surface area contributed by atoms with Crippen molar-refractivity contribution in [2.45, 2.75) is 85.7 Å². The summed E-state index contributed by atoms with van der Waals surface area (Å²) in [5.41, 5.74) is -1.74. The number of esters is 1. The van der Waals surface area contributed by atoms with E-state index >= 15 is 0 Å². The Kier molecular flexibility index (Phi) is 8.99. The van der Waals surface area contributed by atoms with E-state index in [1.54, 1.807) is 62.3 Å². The number of nitrogens with zero attached hydrogens (tertiary/aromatic N) is 1. The van der Waals surface area contributed by atoms with E-state index < -0.39 is 36.0 Å². The Labute approximate surface area is 196 Å². The molecule has 0 heterocycles. The largest absolute Gasteiger partial charge is 0.531 e. The van der Waals surface area contributed by atoms with Gasteiger partial charge in [-0.2, -0.15) is 0 Å². The molecule has 0 saturated heterocycles. The lowest BCUT2D eigenvalue weighted by Gasteiger charge is -2.31. The first-order valence-electron chi connectivity index (χ1n) is 10.2. The highest BCUT2D eigenvalue weighted by Gasteiger charge is 2.39. The van der Waals surface area contributed by atoms with E-state index in [1.165, 1.54) is 30.1 Å². The molecular formula is C22H35ClNO7P. The summed E-state index contributed by atoms with van der Waals surface area (Å²) in [6.45, 7) is 15.6. The molecule has 0 aromatic heterocycles. The first-order chi connectivity index (χ1) is 14.2. The number of hydrogen-bond acceptors (Lipinski definition) is 7. The fourth-order valence-electron chi connectivity index (χ4n) is 2.42. The molecule has 0 unspecified atom stereocenters. The van der Waals surface area contributed by atoms with Crippen LogP contribution in [0.15, 0.2) is 18.2 Å². The van der Waals surface area contributed by atoms with Crippen molar-refractivity contribution in [1.29, 1.82) is 0 Å². The molecule has 0 saturated carbocycles. The maximum atomic E-state index is 13.5. The van der Waals surface area contributed by atoms with Crippen LogP contribution in [0.25, 0.3) is 0 Å². The van der Waals surface area contributed by atoms with E-state index in [2.05, 4.69) is 0 Å². The van der Waals surface area contributed by atoms with Crippen LogP contribution in [0.5, 0.6) is 5.75 Å². The van der Waals surface area contributed by atoms with Gasteiger partial charge in [-0.3, -0.25) is 13.8 Å². The highest BCUT2D eigenvalue weighted by molar-refractivity contribution is 7.49. The zero-order valence-corrected chi connectivity index (χ0v) is 22.2. The average Bonchev–Trinajstić information content (AvgIpc) is 2.50. The van der Waals surface area contributed by atoms with Gasteiger partial charge in [0.25, 0.3) is 0 Å². The number of rotatable bonds is 7. The molecule has 1 rings (SSSR count). The highest BCUT2D eigenvalue weighted by atomic mass is 35.5. The van der Waals surface area contributed by atoms with E-state index in [0.29, 0.717) is 5.56 Å². The summed E-state index contributed by atoms with van der Waals surface area (Å²) in [5.74, 6) is -0.427. The van der Waals surface area contributed by atoms with Gasteiger partial charge >= 0.3 is 19.2 Å². The van der Waals surface area contributed by atoms with Gasteiger partial charge in [0, 0.05) is 12.6 Å². The second kappa shape index (κ2) is 10.1. The van der Waals surface area contributed by atoms with Crippen LogP contribution >= 0.6 is 19.4 Å². The molecule has 8 nitrogen and oxygen atoms in total. The lowest BCUT2D eigenvalue weighted by atomic mass is 10.1. The third kappa shape index (κ3) is 10.3. The van der Waals surface area contributed by atoms with Gasteiger partial charge in [-0.1, -0.05) is 0 Å². The van der Waals surface area contributed by atoms with Crippen molar-refractivity contribution in [2.24, 2.45) is 0 Å². The number of halogens is 1. The Hall–Kier alpha value is -1.60. The minimum atomic E-state index is -4.10. The fourth-order valence-corrected chi connectivity index (χ4v) is 4.35. The van der Waals surface area contributed by atoms with Gasteiger partial charge in [0.15, 0.2) is 0 Å². The molecule has 10 heteroatoms. The van der Waals surface area contributed by atoms with E-state index in [4.69, 9.17) is 29.9 Å². The standard InChI is InChI=1S/C22H35ClNO7P/c1-20(2,3)28-18(25)15-11-12-17(16(13-15)14-24(10)19(23)26)29-32(27,30-21(4,5)6)31-22(7,8)9/h11-13H,14H2,1-10H3. The Balaban J connectivity index is 3.45. The average molecular weight is 492 g/mol. The van der Waals surface area contributed by atoms with Gasteiger partial charge < -0.3 is 14.2 Å². The fraction of sp³-hybridized carbons (Fsp3) is 0.636. The number of carbonyl (C=O) groups excluding carboxylic acids is 2. The minimum absolute atomic E-state index is 0.0145. The van der Waals surface area contributed by atoms with Crippen molar-refractivity contribution in [1.82, 2.24) is 4.90 Å². The number of phosphoric ester groups is 1. The van der Waals surface area contributed by atoms with Crippen molar-refractivity contribution >= 4 is 30.8 Å². The molecule has 0 bridgehead atoms. The summed E-state index contributed by atoms with van der Waals surface area (Å²) >= 11 is 5.58. The van der Waals surface area contributed by atoms with Crippen LogP contribution in [0, 0.1) is 0 Å². The summed E-state index contributed by atoms with van der Waals surface area (Å²) in [6.07, 6.45) is 0. The summed E-state index contributed by atoms with van der Waals surface area (Å²) in [5, 5.41) is -0.710. The van der Waals surface area contributed by atoms with Crippen molar-refractivity contribution in [3.63, 3.8) is 0 Å². The summed E-state index contributed by atoms with van der Waals surface area (Å²) in [6, 6.07) is 4.44. The van der Waals surface area contributed by atoms with Crippen LogP contribution in [-0.2, 0) is 24.9 Å². The molecule has 0 aliphatic carbocycles. The van der Waals surface area contributed by atoms with E-state index in [1.807, 2.05) is 0 Å². The van der Waals surface area contributed by atoms with Crippen molar-refractivity contribution < 1.29 is 32.5 Å². The second-order valence-corrected chi connectivity index (χ2v) is 12.1. The SMILES string of the molecule is CN(Cc1cc(C(=O)OC(C)(C)C)ccc1OP(=O)(OC(C)(C)C)OC(C)(C)C)C(=O)Cl. The van der Waals surface area contributed by atoms with Crippen LogP contribution in [0.4, 0.5) is 4.79 Å². The third-order valence-corrected chi connectivity index (χ3v) is 5.64. The highest BCUT2D eigenvalue weighted by Crippen LogP contribution is 2.55. The lowest BCUT2D eigenvalue weighted by molar-refractivity contribution is 0.00687. The normalized spacial score (nSPS) is 13.0. The minimum Gasteiger partial charge on any atom is -0.456 e. The van der Waals surface area contributed by atoms with Crippen molar-refractivity contribution in [3.05, 3.63) is 29.3 Å². The van der Waals surface area contributed by atoms with Crippen molar-refractivity contribution in [2.75, 3.05) is 7.05 Å². The Morgan fingerprint density at radius 3 is 1.84 bits per heavy atom. The molecule has 1 amide bonds. The molecule has 0 spiro atoms. The van der Waals surface area contributed by atoms with E-state index in [0.717, 1.165) is 0 Å². The quantitative estimate of drug-likeness (QED) is 0.185. The van der Waals surface area contributed by atoms with Crippen LogP contribution < -0.4 is 4.52 Å². The molecule has 1 aromatic rings. The smallest absolute Gasteiger partial charge is 0.456 e. The van der Waals surface area contributed by atoms with Crippen LogP contribution in [0.2, 0.25) is 0 Å². The number of amides is 1. The number of carbonyl (C=O) groups is 2. The van der Waals surface area contributed by atoms with Gasteiger partial charge in [0.1, 0.15) is 11.4 Å². The lowest BCUT2D eigenvalue weighted by Crippen LogP contribution is -2.26. The number of ether oxygens (including phenoxy) is 1. The molecule has 0 aliphatic rings. The Bertz CT molecular complexity index is 862. The van der Waals surface area contributed by atoms with Crippen molar-refractivity contribution in [3.8, 4) is 5.75 Å². The Morgan fingerprint density at radius 2 is 1.44 bits per heavy atom. The van der Waals surface area contributed by atoms with Gasteiger partial charge in [0.05, 0.1) is 23.3 Å². The molecule has 1 aromatic carbocycles. The molecule has 0 fully saturated rings. The monoisotopic (exact) mass is 491 g/mol. The molecule has 0 atom stereocenters. The predicted molar refractivity (Wildman–Crippen MR) is 124 cm³/mol. The van der Waals surface area contributed by atoms with Gasteiger partial charge in [-0.05, 0) is 92.1 Å². The first-order valence-corrected chi connectivity index (χ1v) is 12.0. The van der Waals surface area contributed by atoms with Gasteiger partial charge in [0.2, 0.25) is 0 Å². The molecule has 0 N–H and O–H groups in total. The zero-order chi connectivity index (χ0) is 25.1. The number of hydrogen-bond donors (Lipinski definition) is 0. The summed E-state index contributed by atoms with van der Waals surface area (Å²) in [4.78, 5) is 25.3. The van der Waals surface area contributed by atoms with E-state index in [9.17, 15) is 14.2 Å². The van der Waals surface area contributed by atoms with Gasteiger partial charge in [-0.15, -0.1) is 0 Å². The van der Waals surface area contributed by atoms with Gasteiger partial charge in [-0.25, -0.2) is 9.36 Å². The molecular weight excluding hydrogens is 457 g/mol. The maximum Gasteiger partial charge on any atom is 0.531 e.